The average Bonchev–Trinajstić information content (AvgIpc) is 3.38. The molecule has 4 aromatic carbocycles. The van der Waals surface area contributed by atoms with E-state index in [2.05, 4.69) is 10.3 Å². The van der Waals surface area contributed by atoms with E-state index in [-0.39, 0.29) is 17.9 Å². The number of hydrogen-bond donors (Lipinski definition) is 2. The highest BCUT2D eigenvalue weighted by Gasteiger charge is 2.14. The number of H-pyrrole nitrogens is 1. The Balaban J connectivity index is 1.37. The number of para-hydroxylation sites is 1. The number of carbonyl (C=O) groups excluding carboxylic acids is 1. The summed E-state index contributed by atoms with van der Waals surface area (Å²) in [5, 5.41) is 26.7. The van der Waals surface area contributed by atoms with Gasteiger partial charge in [0.25, 0.3) is 11.6 Å². The third kappa shape index (κ3) is 5.63. The van der Waals surface area contributed by atoms with Crippen molar-refractivity contribution in [3.8, 4) is 11.8 Å². The number of ether oxygens (including phenoxy) is 1. The molecule has 0 radical (unpaired) electrons. The predicted octanol–water partition coefficient (Wildman–Crippen LogP) is 6.07. The lowest BCUT2D eigenvalue weighted by Crippen LogP contribution is -2.26. The zero-order valence-corrected chi connectivity index (χ0v) is 20.9. The molecule has 5 rings (SSSR count). The quantitative estimate of drug-likeness (QED) is 0.107. The number of aromatic amines is 1. The number of non-ortho nitro benzene ring substituents is 1. The van der Waals surface area contributed by atoms with Gasteiger partial charge in [0.2, 0.25) is 0 Å². The first kappa shape index (κ1) is 25.2. The van der Waals surface area contributed by atoms with Crippen LogP contribution < -0.4 is 10.1 Å². The molecule has 192 valence electrons. The van der Waals surface area contributed by atoms with E-state index in [1.165, 1.54) is 18.2 Å². The second kappa shape index (κ2) is 11.3. The van der Waals surface area contributed by atoms with E-state index >= 15 is 0 Å². The maximum Gasteiger partial charge on any atom is 0.269 e. The van der Waals surface area contributed by atoms with Crippen molar-refractivity contribution in [1.29, 1.82) is 5.26 Å². The molecule has 0 bridgehead atoms. The summed E-state index contributed by atoms with van der Waals surface area (Å²) in [7, 11) is 0. The van der Waals surface area contributed by atoms with Gasteiger partial charge in [-0.2, -0.15) is 5.26 Å². The monoisotopic (exact) mass is 516 g/mol. The number of nitro benzene ring substituents is 1. The molecule has 8 nitrogen and oxygen atoms in total. The number of nitrogens with one attached hydrogen (secondary N) is 2. The van der Waals surface area contributed by atoms with Crippen molar-refractivity contribution in [3.05, 3.63) is 124 Å². The maximum absolute atomic E-state index is 13.0. The van der Waals surface area contributed by atoms with E-state index < -0.39 is 10.8 Å². The summed E-state index contributed by atoms with van der Waals surface area (Å²) in [5.74, 6) is -0.0190. The minimum Gasteiger partial charge on any atom is -0.488 e. The molecule has 8 heteroatoms. The van der Waals surface area contributed by atoms with Crippen LogP contribution in [0.25, 0.3) is 27.8 Å². The van der Waals surface area contributed by atoms with Crippen LogP contribution in [0.3, 0.4) is 0 Å². The van der Waals surface area contributed by atoms with Gasteiger partial charge in [-0.25, -0.2) is 0 Å². The minimum absolute atomic E-state index is 0.0224. The Morgan fingerprint density at radius 3 is 2.64 bits per heavy atom. The number of nitro groups is 1. The number of aromatic nitrogens is 1. The fourth-order valence-electron chi connectivity index (χ4n) is 4.51. The van der Waals surface area contributed by atoms with Gasteiger partial charge in [-0.1, -0.05) is 60.7 Å². The van der Waals surface area contributed by atoms with Crippen molar-refractivity contribution < 1.29 is 14.5 Å². The van der Waals surface area contributed by atoms with E-state index in [1.807, 2.05) is 66.9 Å². The number of amides is 1. The van der Waals surface area contributed by atoms with Gasteiger partial charge in [0.1, 0.15) is 24.0 Å². The summed E-state index contributed by atoms with van der Waals surface area (Å²) in [6, 6.07) is 27.5. The second-order valence-corrected chi connectivity index (χ2v) is 8.95. The van der Waals surface area contributed by atoms with Gasteiger partial charge in [0.05, 0.1) is 4.92 Å². The molecule has 0 aliphatic heterocycles. The molecule has 0 aliphatic rings. The molecule has 1 aromatic heterocycles. The van der Waals surface area contributed by atoms with E-state index in [1.54, 1.807) is 18.2 Å². The van der Waals surface area contributed by atoms with E-state index in [9.17, 15) is 20.2 Å². The second-order valence-electron chi connectivity index (χ2n) is 8.95. The Labute approximate surface area is 224 Å². The molecule has 0 saturated heterocycles. The molecule has 39 heavy (non-hydrogen) atoms. The zero-order chi connectivity index (χ0) is 27.2. The maximum atomic E-state index is 13.0. The highest BCUT2D eigenvalue weighted by molar-refractivity contribution is 6.05. The molecule has 0 atom stereocenters. The molecule has 2 N–H and O–H groups in total. The van der Waals surface area contributed by atoms with Gasteiger partial charge in [0.15, 0.2) is 0 Å². The third-order valence-electron chi connectivity index (χ3n) is 6.45. The van der Waals surface area contributed by atoms with Crippen molar-refractivity contribution in [2.45, 2.75) is 13.0 Å². The third-order valence-corrected chi connectivity index (χ3v) is 6.45. The first-order valence-electron chi connectivity index (χ1n) is 12.4. The van der Waals surface area contributed by atoms with Crippen LogP contribution in [0.15, 0.2) is 96.7 Å². The van der Waals surface area contributed by atoms with Gasteiger partial charge in [0, 0.05) is 41.3 Å². The van der Waals surface area contributed by atoms with Crippen molar-refractivity contribution in [2.24, 2.45) is 0 Å². The van der Waals surface area contributed by atoms with Crippen LogP contribution >= 0.6 is 0 Å². The SMILES string of the molecule is N#C/C(=C/c1c(OCc2cccc([N+](=O)[O-])c2)ccc2ccccc12)C(=O)NCCc1c[nH]c2ccccc12. The average molecular weight is 517 g/mol. The van der Waals surface area contributed by atoms with Gasteiger partial charge >= 0.3 is 0 Å². The van der Waals surface area contributed by atoms with Crippen LogP contribution in [0.5, 0.6) is 5.75 Å². The summed E-state index contributed by atoms with van der Waals surface area (Å²) in [6.45, 7) is 0.449. The van der Waals surface area contributed by atoms with Crippen LogP contribution in [0.2, 0.25) is 0 Å². The number of carbonyl (C=O) groups is 1. The van der Waals surface area contributed by atoms with E-state index in [0.29, 0.717) is 29.8 Å². The lowest BCUT2D eigenvalue weighted by molar-refractivity contribution is -0.384. The van der Waals surface area contributed by atoms with Crippen LogP contribution in [0.1, 0.15) is 16.7 Å². The lowest BCUT2D eigenvalue weighted by Gasteiger charge is -2.13. The van der Waals surface area contributed by atoms with Crippen LogP contribution in [-0.4, -0.2) is 22.4 Å². The fraction of sp³-hybridized carbons (Fsp3) is 0.0968. The molecule has 0 fully saturated rings. The highest BCUT2D eigenvalue weighted by Crippen LogP contribution is 2.31. The minimum atomic E-state index is -0.477. The van der Waals surface area contributed by atoms with Crippen LogP contribution in [0.4, 0.5) is 5.69 Å². The zero-order valence-electron chi connectivity index (χ0n) is 20.9. The Morgan fingerprint density at radius 1 is 1.03 bits per heavy atom. The summed E-state index contributed by atoms with van der Waals surface area (Å²) in [6.07, 6.45) is 4.07. The first-order chi connectivity index (χ1) is 19.0. The number of nitrogens with zero attached hydrogens (tertiary/aromatic N) is 2. The van der Waals surface area contributed by atoms with Gasteiger partial charge in [-0.3, -0.25) is 14.9 Å². The standard InChI is InChI=1S/C31H24N4O4/c32-18-24(31(36)33-15-14-23-19-34-29-11-4-3-10-27(23)29)17-28-26-9-2-1-7-22(26)12-13-30(28)39-20-21-6-5-8-25(16-21)35(37)38/h1-13,16-17,19,34H,14-15,20H2,(H,33,36)/b24-17-. The number of nitriles is 1. The Kier molecular flexibility index (Phi) is 7.32. The van der Waals surface area contributed by atoms with Crippen molar-refractivity contribution >= 4 is 39.3 Å². The largest absolute Gasteiger partial charge is 0.488 e. The van der Waals surface area contributed by atoms with E-state index in [4.69, 9.17) is 4.74 Å². The first-order valence-corrected chi connectivity index (χ1v) is 12.4. The summed E-state index contributed by atoms with van der Waals surface area (Å²) in [4.78, 5) is 26.9. The summed E-state index contributed by atoms with van der Waals surface area (Å²) >= 11 is 0. The highest BCUT2D eigenvalue weighted by atomic mass is 16.6. The molecule has 0 unspecified atom stereocenters. The smallest absolute Gasteiger partial charge is 0.269 e. The molecule has 5 aromatic rings. The number of rotatable bonds is 9. The van der Waals surface area contributed by atoms with E-state index in [0.717, 1.165) is 27.2 Å². The Bertz CT molecular complexity index is 1760. The molecule has 1 heterocycles. The predicted molar refractivity (Wildman–Crippen MR) is 150 cm³/mol. The van der Waals surface area contributed by atoms with Gasteiger partial charge < -0.3 is 15.0 Å². The number of fused-ring (bicyclic) bond motifs is 2. The fourth-order valence-corrected chi connectivity index (χ4v) is 4.51. The van der Waals surface area contributed by atoms with Crippen molar-refractivity contribution in [3.63, 3.8) is 0 Å². The number of benzene rings is 4. The van der Waals surface area contributed by atoms with Crippen LogP contribution in [0, 0.1) is 21.4 Å². The lowest BCUT2D eigenvalue weighted by atomic mass is 10.0. The molecular weight excluding hydrogens is 492 g/mol. The van der Waals surface area contributed by atoms with Gasteiger partial charge in [-0.15, -0.1) is 0 Å². The van der Waals surface area contributed by atoms with Crippen LogP contribution in [-0.2, 0) is 17.8 Å². The van der Waals surface area contributed by atoms with Crippen molar-refractivity contribution in [2.75, 3.05) is 6.54 Å². The summed E-state index contributed by atoms with van der Waals surface area (Å²) in [5.41, 5.74) is 3.25. The number of hydrogen-bond acceptors (Lipinski definition) is 5. The topological polar surface area (TPSA) is 121 Å². The molecular formula is C31H24N4O4. The normalized spacial score (nSPS) is 11.3. The molecule has 1 amide bonds. The molecule has 0 spiro atoms. The van der Waals surface area contributed by atoms with Crippen molar-refractivity contribution in [1.82, 2.24) is 10.3 Å². The Hall–Kier alpha value is -5.42. The Morgan fingerprint density at radius 2 is 1.82 bits per heavy atom. The molecule has 0 aliphatic carbocycles. The summed E-state index contributed by atoms with van der Waals surface area (Å²) < 4.78 is 6.05. The molecule has 0 saturated carbocycles. The van der Waals surface area contributed by atoms with Gasteiger partial charge in [-0.05, 0) is 46.5 Å².